The Balaban J connectivity index is 2.99. The molecule has 1 heterocycles. The van der Waals surface area contributed by atoms with Crippen LogP contribution >= 0.6 is 0 Å². The number of hydrogen-bond donors (Lipinski definition) is 2. The molecule has 0 bridgehead atoms. The first-order chi connectivity index (χ1) is 10.5. The van der Waals surface area contributed by atoms with Crippen LogP contribution in [0.2, 0.25) is 0 Å². The van der Waals surface area contributed by atoms with Gasteiger partial charge in [0, 0.05) is 13.1 Å². The maximum Gasteiger partial charge on any atom is 0.252 e. The van der Waals surface area contributed by atoms with Crippen molar-refractivity contribution in [2.75, 3.05) is 23.3 Å². The summed E-state index contributed by atoms with van der Waals surface area (Å²) < 4.78 is 0. The summed E-state index contributed by atoms with van der Waals surface area (Å²) in [4.78, 5) is 49.9. The smallest absolute Gasteiger partial charge is 0.252 e. The Labute approximate surface area is 127 Å². The van der Waals surface area contributed by atoms with Crippen molar-refractivity contribution in [3.8, 4) is 0 Å². The molecule has 3 amide bonds. The van der Waals surface area contributed by atoms with Gasteiger partial charge in [0.05, 0.1) is 18.8 Å². The van der Waals surface area contributed by atoms with Crippen LogP contribution in [0.25, 0.3) is 0 Å². The predicted octanol–water partition coefficient (Wildman–Crippen LogP) is -0.215. The molecule has 0 unspecified atom stereocenters. The molecule has 1 rings (SSSR count). The Hall–Kier alpha value is -3.03. The number of anilines is 2. The van der Waals surface area contributed by atoms with Crippen molar-refractivity contribution >= 4 is 35.5 Å². The lowest BCUT2D eigenvalue weighted by molar-refractivity contribution is -0.122. The van der Waals surface area contributed by atoms with Crippen LogP contribution in [0, 0.1) is 0 Å². The number of aromatic nitrogens is 1. The fourth-order valence-corrected chi connectivity index (χ4v) is 1.54. The van der Waals surface area contributed by atoms with Crippen LogP contribution in [0.1, 0.15) is 6.92 Å². The molecule has 22 heavy (non-hydrogen) atoms. The Morgan fingerprint density at radius 1 is 1.45 bits per heavy atom. The van der Waals surface area contributed by atoms with E-state index in [1.54, 1.807) is 12.4 Å². The lowest BCUT2D eigenvalue weighted by Gasteiger charge is -2.20. The molecule has 0 aliphatic rings. The molecule has 1 radical (unpaired) electrons. The second kappa shape index (κ2) is 8.30. The zero-order valence-electron chi connectivity index (χ0n) is 12.0. The molecule has 0 saturated heterocycles. The summed E-state index contributed by atoms with van der Waals surface area (Å²) in [6, 6.07) is 3.07. The summed E-state index contributed by atoms with van der Waals surface area (Å²) in [7, 11) is 0. The summed E-state index contributed by atoms with van der Waals surface area (Å²) in [5.41, 5.74) is 0.225. The Bertz CT molecular complexity index is 600. The molecule has 0 atom stereocenters. The van der Waals surface area contributed by atoms with Gasteiger partial charge in [0.1, 0.15) is 0 Å². The van der Waals surface area contributed by atoms with Gasteiger partial charge in [-0.1, -0.05) is 6.58 Å². The van der Waals surface area contributed by atoms with E-state index in [2.05, 4.69) is 22.2 Å². The van der Waals surface area contributed by atoms with Crippen molar-refractivity contribution in [3.63, 3.8) is 0 Å². The zero-order chi connectivity index (χ0) is 16.5. The van der Waals surface area contributed by atoms with E-state index < -0.39 is 11.8 Å². The number of hydrogen-bond acceptors (Lipinski definition) is 5. The quantitative estimate of drug-likeness (QED) is 0.677. The average molecular weight is 303 g/mol. The van der Waals surface area contributed by atoms with Crippen LogP contribution in [0.5, 0.6) is 0 Å². The third-order valence-corrected chi connectivity index (χ3v) is 2.48. The van der Waals surface area contributed by atoms with Crippen molar-refractivity contribution in [1.82, 2.24) is 10.3 Å². The van der Waals surface area contributed by atoms with Gasteiger partial charge in [0.15, 0.2) is 5.82 Å². The van der Waals surface area contributed by atoms with Crippen molar-refractivity contribution in [2.24, 2.45) is 0 Å². The first kappa shape index (κ1) is 17.0. The minimum Gasteiger partial charge on any atom is -0.347 e. The maximum atomic E-state index is 11.8. The molecule has 115 valence electrons. The third kappa shape index (κ3) is 4.82. The Kier molecular flexibility index (Phi) is 6.42. The van der Waals surface area contributed by atoms with Crippen molar-refractivity contribution in [2.45, 2.75) is 6.92 Å². The van der Waals surface area contributed by atoms with Gasteiger partial charge in [0.2, 0.25) is 18.1 Å². The molecule has 0 spiro atoms. The summed E-state index contributed by atoms with van der Waals surface area (Å²) in [5, 5.41) is 4.85. The van der Waals surface area contributed by atoms with Crippen LogP contribution in [0.3, 0.4) is 0 Å². The molecule has 2 N–H and O–H groups in total. The number of nitrogens with zero attached hydrogens (tertiary/aromatic N) is 2. The molecule has 8 heteroatoms. The van der Waals surface area contributed by atoms with Gasteiger partial charge >= 0.3 is 0 Å². The number of carbonyl (C=O) groups is 3. The second-order valence-corrected chi connectivity index (χ2v) is 4.11. The minimum atomic E-state index is -0.556. The van der Waals surface area contributed by atoms with Gasteiger partial charge in [-0.15, -0.1) is 0 Å². The summed E-state index contributed by atoms with van der Waals surface area (Å²) >= 11 is 0. The van der Waals surface area contributed by atoms with Crippen molar-refractivity contribution in [1.29, 1.82) is 0 Å². The van der Waals surface area contributed by atoms with Crippen molar-refractivity contribution in [3.05, 3.63) is 31.0 Å². The monoisotopic (exact) mass is 303 g/mol. The van der Waals surface area contributed by atoms with E-state index in [0.717, 1.165) is 11.0 Å². The highest BCUT2D eigenvalue weighted by atomic mass is 16.2. The van der Waals surface area contributed by atoms with Crippen LogP contribution in [-0.2, 0) is 19.2 Å². The highest BCUT2D eigenvalue weighted by molar-refractivity contribution is 6.06. The molecule has 0 aromatic carbocycles. The summed E-state index contributed by atoms with van der Waals surface area (Å²) in [5.74, 6) is -1.31. The Morgan fingerprint density at radius 3 is 2.77 bits per heavy atom. The molecule has 1 aromatic heterocycles. The summed E-state index contributed by atoms with van der Waals surface area (Å²) in [6.45, 7) is 4.06. The van der Waals surface area contributed by atoms with Gasteiger partial charge in [-0.05, 0) is 18.2 Å². The van der Waals surface area contributed by atoms with E-state index in [-0.39, 0.29) is 30.5 Å². The largest absolute Gasteiger partial charge is 0.347 e. The van der Waals surface area contributed by atoms with E-state index in [9.17, 15) is 19.2 Å². The lowest BCUT2D eigenvalue weighted by Crippen LogP contribution is -2.34. The highest BCUT2D eigenvalue weighted by Crippen LogP contribution is 2.22. The van der Waals surface area contributed by atoms with Crippen LogP contribution < -0.4 is 15.5 Å². The second-order valence-electron chi connectivity index (χ2n) is 4.11. The standard InChI is InChI=1S/C14H15N4O4/c1-3-13(22)18(7-8-19)14-11(5-4-6-15-14)17-12(21)9-16-10(2)20/h3-6H,1,7,9H2,2H3,(H,16,20)(H,17,21). The molecule has 8 nitrogen and oxygen atoms in total. The van der Waals surface area contributed by atoms with E-state index in [1.807, 2.05) is 0 Å². The molecular formula is C14H15N4O4. The normalized spacial score (nSPS) is 9.50. The molecule has 0 aliphatic heterocycles. The molecule has 0 saturated carbocycles. The number of pyridine rings is 1. The molecule has 0 aliphatic carbocycles. The van der Waals surface area contributed by atoms with Crippen LogP contribution in [0.15, 0.2) is 31.0 Å². The number of rotatable bonds is 7. The topological polar surface area (TPSA) is 108 Å². The number of carbonyl (C=O) groups excluding carboxylic acids is 4. The van der Waals surface area contributed by atoms with Crippen LogP contribution in [0.4, 0.5) is 11.5 Å². The number of amides is 3. The van der Waals surface area contributed by atoms with Crippen molar-refractivity contribution < 1.29 is 19.2 Å². The van der Waals surface area contributed by atoms with Gasteiger partial charge in [0.25, 0.3) is 5.91 Å². The summed E-state index contributed by atoms with van der Waals surface area (Å²) in [6.07, 6.45) is 4.03. The minimum absolute atomic E-state index is 0.0897. The first-order valence-electron chi connectivity index (χ1n) is 6.27. The average Bonchev–Trinajstić information content (AvgIpc) is 2.50. The van der Waals surface area contributed by atoms with Gasteiger partial charge in [-0.25, -0.2) is 4.98 Å². The maximum absolute atomic E-state index is 11.8. The van der Waals surface area contributed by atoms with E-state index in [4.69, 9.17) is 0 Å². The Morgan fingerprint density at radius 2 is 2.18 bits per heavy atom. The highest BCUT2D eigenvalue weighted by Gasteiger charge is 2.18. The van der Waals surface area contributed by atoms with E-state index in [1.165, 1.54) is 19.2 Å². The van der Waals surface area contributed by atoms with Gasteiger partial charge in [-0.3, -0.25) is 24.1 Å². The van der Waals surface area contributed by atoms with Gasteiger partial charge < -0.3 is 10.6 Å². The predicted molar refractivity (Wildman–Crippen MR) is 79.8 cm³/mol. The van der Waals surface area contributed by atoms with Gasteiger partial charge in [-0.2, -0.15) is 0 Å². The fourth-order valence-electron chi connectivity index (χ4n) is 1.54. The fraction of sp³-hybridized carbons (Fsp3) is 0.214. The zero-order valence-corrected chi connectivity index (χ0v) is 12.0. The molecular weight excluding hydrogens is 288 g/mol. The third-order valence-electron chi connectivity index (χ3n) is 2.48. The SMILES string of the molecule is C=CC(=O)N(C[C]=O)c1ncccc1NC(=O)CNC(C)=O. The lowest BCUT2D eigenvalue weighted by atomic mass is 10.3. The number of nitrogens with one attached hydrogen (secondary N) is 2. The van der Waals surface area contributed by atoms with E-state index >= 15 is 0 Å². The molecule has 0 fully saturated rings. The van der Waals surface area contributed by atoms with Crippen LogP contribution in [-0.4, -0.2) is 42.1 Å². The molecule has 1 aromatic rings. The first-order valence-corrected chi connectivity index (χ1v) is 6.27. The van der Waals surface area contributed by atoms with E-state index in [0.29, 0.717) is 0 Å².